The molecule has 2 heterocycles. The summed E-state index contributed by atoms with van der Waals surface area (Å²) in [5.74, 6) is 0.724. The van der Waals surface area contributed by atoms with E-state index < -0.39 is 5.41 Å². The Labute approximate surface area is 523 Å². The van der Waals surface area contributed by atoms with Gasteiger partial charge in [-0.2, -0.15) is 0 Å². The van der Waals surface area contributed by atoms with Crippen molar-refractivity contribution in [2.75, 3.05) is 9.80 Å². The van der Waals surface area contributed by atoms with Gasteiger partial charge in [-0.1, -0.05) is 263 Å². The normalized spacial score (nSPS) is 13.2. The van der Waals surface area contributed by atoms with Crippen LogP contribution < -0.4 is 9.80 Å². The molecule has 0 atom stereocenters. The molecule has 0 fully saturated rings. The second-order valence-electron chi connectivity index (χ2n) is 26.7. The van der Waals surface area contributed by atoms with Gasteiger partial charge in [0.2, 0.25) is 0 Å². The SMILES string of the molecule is CCC(C)(C)c1cccc2c1oc1c(N(c3ccc(C(C)C)cc3)c3cc4c(c5ccccc35)-c3c(cc(N(c5ccc(C(C)C)cc5)c5cccc6c5oc5c(C(C)(C)CC)cccc56)c5ccccc35)C4(c3ccccc3)c3ccccc3)cccc12. The van der Waals surface area contributed by atoms with E-state index in [0.29, 0.717) is 11.8 Å². The van der Waals surface area contributed by atoms with Gasteiger partial charge < -0.3 is 18.6 Å². The lowest BCUT2D eigenvalue weighted by atomic mass is 9.67. The summed E-state index contributed by atoms with van der Waals surface area (Å²) in [6, 6.07) is 91.4. The maximum Gasteiger partial charge on any atom is 0.159 e. The maximum atomic E-state index is 7.42. The lowest BCUT2D eigenvalue weighted by molar-refractivity contribution is 0.500. The molecule has 0 spiro atoms. The molecule has 0 aliphatic heterocycles. The maximum absolute atomic E-state index is 7.42. The Kier molecular flexibility index (Phi) is 13.4. The van der Waals surface area contributed by atoms with Crippen LogP contribution in [0, 0.1) is 0 Å². The van der Waals surface area contributed by atoms with Crippen LogP contribution in [-0.2, 0) is 16.2 Å². The van der Waals surface area contributed by atoms with Crippen molar-refractivity contribution in [3.8, 4) is 11.1 Å². The fraction of sp³-hybridized carbons (Fsp3) is 0.200. The van der Waals surface area contributed by atoms with Crippen molar-refractivity contribution in [1.29, 1.82) is 0 Å². The van der Waals surface area contributed by atoms with Gasteiger partial charge in [0.05, 0.1) is 28.2 Å². The molecule has 1 aliphatic carbocycles. The molecule has 14 aromatic rings. The number of hydrogen-bond acceptors (Lipinski definition) is 4. The van der Waals surface area contributed by atoms with Gasteiger partial charge in [-0.25, -0.2) is 0 Å². The molecule has 2 aromatic heterocycles. The van der Waals surface area contributed by atoms with Crippen LogP contribution in [-0.4, -0.2) is 0 Å². The molecule has 0 saturated carbocycles. The van der Waals surface area contributed by atoms with E-state index in [2.05, 4.69) is 322 Å². The Balaban J connectivity index is 1.08. The molecule has 0 amide bonds. The quantitative estimate of drug-likeness (QED) is 0.109. The number of nitrogens with zero attached hydrogens (tertiary/aromatic N) is 2. The smallest absolute Gasteiger partial charge is 0.159 e. The first-order chi connectivity index (χ1) is 43.2. The average molecular weight is 1160 g/mol. The van der Waals surface area contributed by atoms with Crippen molar-refractivity contribution in [2.24, 2.45) is 0 Å². The van der Waals surface area contributed by atoms with Gasteiger partial charge in [-0.15, -0.1) is 0 Å². The van der Waals surface area contributed by atoms with Crippen LogP contribution in [0.25, 0.3) is 76.5 Å². The number of hydrogen-bond donors (Lipinski definition) is 0. The van der Waals surface area contributed by atoms with Gasteiger partial charge in [0.1, 0.15) is 11.2 Å². The third-order valence-electron chi connectivity index (χ3n) is 20.3. The van der Waals surface area contributed by atoms with Gasteiger partial charge in [0, 0.05) is 54.8 Å². The van der Waals surface area contributed by atoms with E-state index in [9.17, 15) is 0 Å². The number of para-hydroxylation sites is 4. The van der Waals surface area contributed by atoms with E-state index in [-0.39, 0.29) is 10.8 Å². The summed E-state index contributed by atoms with van der Waals surface area (Å²) in [4.78, 5) is 5.00. The highest BCUT2D eigenvalue weighted by atomic mass is 16.3. The van der Waals surface area contributed by atoms with E-state index in [1.54, 1.807) is 0 Å². The Bertz CT molecular complexity index is 4720. The molecule has 0 bridgehead atoms. The number of anilines is 6. The standard InChI is InChI=1S/C85H76N2O2/c1-11-83(7,8)69-39-23-35-65-67-37-25-41-73(81(67)88-79(65)69)86(59-47-43-55(44-48-59)53(3)4)75-51-71-77(63-33-21-19-31-61(63)75)78-64-34-22-20-32-62(64)76(52-72(78)85(71,57-27-15-13-16-28-57)58-29-17-14-18-30-58)87(60-49-45-56(46-50-60)54(5)6)74-42-26-38-68-66-36-24-40-70(84(9,10)12-2)80(66)89-82(68)74/h13-54H,11-12H2,1-10H3. The minimum Gasteiger partial charge on any atom is -0.454 e. The number of benzene rings is 12. The van der Waals surface area contributed by atoms with Gasteiger partial charge in [0.25, 0.3) is 0 Å². The molecule has 438 valence electrons. The molecule has 0 saturated heterocycles. The molecule has 4 nitrogen and oxygen atoms in total. The Morgan fingerprint density at radius 1 is 0.337 bits per heavy atom. The van der Waals surface area contributed by atoms with Gasteiger partial charge >= 0.3 is 0 Å². The van der Waals surface area contributed by atoms with E-state index >= 15 is 0 Å². The van der Waals surface area contributed by atoms with E-state index in [4.69, 9.17) is 8.83 Å². The van der Waals surface area contributed by atoms with Crippen molar-refractivity contribution in [2.45, 2.75) is 110 Å². The Hall–Kier alpha value is -9.64. The summed E-state index contributed by atoms with van der Waals surface area (Å²) in [5, 5.41) is 9.11. The van der Waals surface area contributed by atoms with Crippen molar-refractivity contribution in [3.05, 3.63) is 287 Å². The van der Waals surface area contributed by atoms with Crippen LogP contribution in [0.3, 0.4) is 0 Å². The summed E-state index contributed by atoms with van der Waals surface area (Å²) in [7, 11) is 0. The molecular formula is C85H76N2O2. The van der Waals surface area contributed by atoms with Crippen LogP contribution in [0.2, 0.25) is 0 Å². The molecule has 89 heavy (non-hydrogen) atoms. The van der Waals surface area contributed by atoms with Gasteiger partial charge in [0.15, 0.2) is 11.2 Å². The highest BCUT2D eigenvalue weighted by Gasteiger charge is 2.49. The first kappa shape index (κ1) is 55.9. The molecular weight excluding hydrogens is 1080 g/mol. The predicted molar refractivity (Wildman–Crippen MR) is 377 cm³/mol. The molecule has 1 aliphatic rings. The molecule has 0 radical (unpaired) electrons. The summed E-state index contributed by atoms with van der Waals surface area (Å²) < 4.78 is 14.8. The molecule has 0 N–H and O–H groups in total. The summed E-state index contributed by atoms with van der Waals surface area (Å²) in [5.41, 5.74) is 21.1. The van der Waals surface area contributed by atoms with Crippen LogP contribution >= 0.6 is 0 Å². The van der Waals surface area contributed by atoms with E-state index in [0.717, 1.165) is 102 Å². The topological polar surface area (TPSA) is 32.8 Å². The van der Waals surface area contributed by atoms with E-state index in [1.807, 2.05) is 0 Å². The van der Waals surface area contributed by atoms with Gasteiger partial charge in [-0.3, -0.25) is 0 Å². The predicted octanol–water partition coefficient (Wildman–Crippen LogP) is 24.7. The van der Waals surface area contributed by atoms with Crippen molar-refractivity contribution in [1.82, 2.24) is 0 Å². The Morgan fingerprint density at radius 2 is 0.663 bits per heavy atom. The third kappa shape index (κ3) is 8.61. The fourth-order valence-electron chi connectivity index (χ4n) is 14.8. The monoisotopic (exact) mass is 1160 g/mol. The van der Waals surface area contributed by atoms with Crippen LogP contribution in [0.1, 0.15) is 138 Å². The largest absolute Gasteiger partial charge is 0.454 e. The zero-order chi connectivity index (χ0) is 61.1. The fourth-order valence-corrected chi connectivity index (χ4v) is 14.8. The second-order valence-corrected chi connectivity index (χ2v) is 26.7. The lowest BCUT2D eigenvalue weighted by Gasteiger charge is -2.36. The number of rotatable bonds is 14. The van der Waals surface area contributed by atoms with E-state index in [1.165, 1.54) is 66.4 Å². The molecule has 15 rings (SSSR count). The van der Waals surface area contributed by atoms with Crippen molar-refractivity contribution in [3.63, 3.8) is 0 Å². The Morgan fingerprint density at radius 3 is 1.02 bits per heavy atom. The first-order valence-electron chi connectivity index (χ1n) is 32.2. The zero-order valence-electron chi connectivity index (χ0n) is 52.9. The molecule has 0 unspecified atom stereocenters. The minimum atomic E-state index is -0.844. The van der Waals surface area contributed by atoms with Crippen molar-refractivity contribution >= 4 is 99.5 Å². The minimum absolute atomic E-state index is 0.0979. The second kappa shape index (κ2) is 21.3. The number of fused-ring (bicyclic) bond motifs is 13. The van der Waals surface area contributed by atoms with Gasteiger partial charge in [-0.05, 0) is 139 Å². The lowest BCUT2D eigenvalue weighted by Crippen LogP contribution is -2.29. The molecule has 12 aromatic carbocycles. The average Bonchev–Trinajstić information content (AvgIpc) is 1.53. The highest BCUT2D eigenvalue weighted by Crippen LogP contribution is 2.63. The van der Waals surface area contributed by atoms with Crippen molar-refractivity contribution < 1.29 is 8.83 Å². The number of furan rings is 2. The van der Waals surface area contributed by atoms with Crippen LogP contribution in [0.4, 0.5) is 34.1 Å². The summed E-state index contributed by atoms with van der Waals surface area (Å²) >= 11 is 0. The third-order valence-corrected chi connectivity index (χ3v) is 20.3. The molecule has 4 heteroatoms. The summed E-state index contributed by atoms with van der Waals surface area (Å²) in [6.07, 6.45) is 1.96. The highest BCUT2D eigenvalue weighted by molar-refractivity contribution is 6.20. The summed E-state index contributed by atoms with van der Waals surface area (Å²) in [6.45, 7) is 23.0. The first-order valence-corrected chi connectivity index (χ1v) is 32.2. The van der Waals surface area contributed by atoms with Crippen LogP contribution in [0.15, 0.2) is 251 Å². The van der Waals surface area contributed by atoms with Crippen LogP contribution in [0.5, 0.6) is 0 Å². The zero-order valence-corrected chi connectivity index (χ0v) is 52.9.